The van der Waals surface area contributed by atoms with Crippen LogP contribution in [-0.2, 0) is 9.47 Å². The summed E-state index contributed by atoms with van der Waals surface area (Å²) in [5.41, 5.74) is 0. The summed E-state index contributed by atoms with van der Waals surface area (Å²) < 4.78 is 13.1. The molecule has 1 aromatic rings. The van der Waals surface area contributed by atoms with E-state index in [2.05, 4.69) is 22.6 Å². The van der Waals surface area contributed by atoms with Crippen LogP contribution in [0.5, 0.6) is 5.75 Å². The standard InChI is InChI=1S/C7H8O.C5H6O3/c1-8-7-5-3-2-4-6-7;1-3-7-5(6)8-4-2/h2-6H,1H3;3-4H,1-2H2. The highest BCUT2D eigenvalue weighted by Crippen LogP contribution is 2.05. The second-order valence-corrected chi connectivity index (χ2v) is 2.34. The van der Waals surface area contributed by atoms with E-state index in [0.29, 0.717) is 0 Å². The van der Waals surface area contributed by atoms with Crippen molar-refractivity contribution in [1.29, 1.82) is 0 Å². The summed E-state index contributed by atoms with van der Waals surface area (Å²) in [6, 6.07) is 9.68. The molecular weight excluding hydrogens is 208 g/mol. The molecule has 0 atom stereocenters. The molecule has 0 fully saturated rings. The van der Waals surface area contributed by atoms with E-state index >= 15 is 0 Å². The Labute approximate surface area is 94.7 Å². The topological polar surface area (TPSA) is 44.8 Å². The highest BCUT2D eigenvalue weighted by atomic mass is 16.7. The van der Waals surface area contributed by atoms with Gasteiger partial charge in [0.05, 0.1) is 19.6 Å². The fraction of sp³-hybridized carbons (Fsp3) is 0.0833. The zero-order valence-corrected chi connectivity index (χ0v) is 9.09. The van der Waals surface area contributed by atoms with Crippen molar-refractivity contribution >= 4 is 6.16 Å². The largest absolute Gasteiger partial charge is 0.518 e. The second-order valence-electron chi connectivity index (χ2n) is 2.34. The number of hydrogen-bond donors (Lipinski definition) is 0. The monoisotopic (exact) mass is 222 g/mol. The quantitative estimate of drug-likeness (QED) is 0.582. The summed E-state index contributed by atoms with van der Waals surface area (Å²) >= 11 is 0. The van der Waals surface area contributed by atoms with Gasteiger partial charge in [0.25, 0.3) is 0 Å². The van der Waals surface area contributed by atoms with E-state index in [1.807, 2.05) is 30.3 Å². The van der Waals surface area contributed by atoms with E-state index in [9.17, 15) is 4.79 Å². The number of rotatable bonds is 3. The molecule has 0 saturated carbocycles. The average molecular weight is 222 g/mol. The first kappa shape index (κ1) is 13.8. The second kappa shape index (κ2) is 9.33. The first-order valence-corrected chi connectivity index (χ1v) is 4.42. The van der Waals surface area contributed by atoms with Crippen LogP contribution in [-0.4, -0.2) is 13.3 Å². The average Bonchev–Trinajstić information content (AvgIpc) is 2.32. The van der Waals surface area contributed by atoms with Crippen LogP contribution in [0.25, 0.3) is 0 Å². The maximum atomic E-state index is 10.1. The van der Waals surface area contributed by atoms with Crippen LogP contribution >= 0.6 is 0 Å². The molecule has 0 bridgehead atoms. The molecule has 0 unspecified atom stereocenters. The summed E-state index contributed by atoms with van der Waals surface area (Å²) in [5.74, 6) is 0.910. The summed E-state index contributed by atoms with van der Waals surface area (Å²) in [7, 11) is 1.66. The molecule has 0 aliphatic carbocycles. The molecule has 0 aliphatic rings. The van der Waals surface area contributed by atoms with Gasteiger partial charge < -0.3 is 14.2 Å². The van der Waals surface area contributed by atoms with Gasteiger partial charge in [-0.3, -0.25) is 0 Å². The zero-order valence-electron chi connectivity index (χ0n) is 9.09. The van der Waals surface area contributed by atoms with E-state index in [-0.39, 0.29) is 0 Å². The highest BCUT2D eigenvalue weighted by molar-refractivity contribution is 5.61. The van der Waals surface area contributed by atoms with Gasteiger partial charge in [-0.1, -0.05) is 31.4 Å². The molecule has 0 aromatic heterocycles. The Bertz CT molecular complexity index is 307. The molecular formula is C12H14O4. The van der Waals surface area contributed by atoms with Gasteiger partial charge in [0.1, 0.15) is 5.75 Å². The molecule has 0 radical (unpaired) electrons. The minimum atomic E-state index is -0.824. The number of carbonyl (C=O) groups is 1. The lowest BCUT2D eigenvalue weighted by atomic mass is 10.3. The number of hydrogen-bond acceptors (Lipinski definition) is 4. The Balaban J connectivity index is 0.000000281. The van der Waals surface area contributed by atoms with Gasteiger partial charge in [-0.25, -0.2) is 4.79 Å². The van der Waals surface area contributed by atoms with Gasteiger partial charge in [0, 0.05) is 0 Å². The normalized spacial score (nSPS) is 7.81. The predicted molar refractivity (Wildman–Crippen MR) is 61.0 cm³/mol. The van der Waals surface area contributed by atoms with Crippen LogP contribution in [0, 0.1) is 0 Å². The lowest BCUT2D eigenvalue weighted by molar-refractivity contribution is 0.120. The first-order chi connectivity index (χ1) is 7.74. The number of benzene rings is 1. The van der Waals surface area contributed by atoms with Gasteiger partial charge in [-0.05, 0) is 12.1 Å². The van der Waals surface area contributed by atoms with Gasteiger partial charge in [-0.2, -0.15) is 0 Å². The van der Waals surface area contributed by atoms with Crippen LogP contribution in [0.2, 0.25) is 0 Å². The number of methoxy groups -OCH3 is 1. The fourth-order valence-electron chi connectivity index (χ4n) is 0.720. The van der Waals surface area contributed by atoms with Crippen molar-refractivity contribution in [2.75, 3.05) is 7.11 Å². The Morgan fingerprint density at radius 3 is 1.94 bits per heavy atom. The lowest BCUT2D eigenvalue weighted by Gasteiger charge is -1.93. The van der Waals surface area contributed by atoms with E-state index in [1.165, 1.54) is 0 Å². The van der Waals surface area contributed by atoms with E-state index in [0.717, 1.165) is 18.3 Å². The Hall–Kier alpha value is -2.23. The highest BCUT2D eigenvalue weighted by Gasteiger charge is 1.93. The van der Waals surface area contributed by atoms with Crippen molar-refractivity contribution in [1.82, 2.24) is 0 Å². The third kappa shape index (κ3) is 7.20. The minimum absolute atomic E-state index is 0.824. The fourth-order valence-corrected chi connectivity index (χ4v) is 0.720. The van der Waals surface area contributed by atoms with Crippen molar-refractivity contribution < 1.29 is 19.0 Å². The summed E-state index contributed by atoms with van der Waals surface area (Å²) in [6.45, 7) is 6.25. The van der Waals surface area contributed by atoms with Crippen molar-refractivity contribution in [2.24, 2.45) is 0 Å². The molecule has 1 rings (SSSR count). The molecule has 0 aliphatic heterocycles. The van der Waals surface area contributed by atoms with Crippen LogP contribution in [0.4, 0.5) is 4.79 Å². The van der Waals surface area contributed by atoms with Crippen LogP contribution in [0.15, 0.2) is 56.0 Å². The molecule has 0 saturated heterocycles. The summed E-state index contributed by atoms with van der Waals surface area (Å²) in [6.07, 6.45) is 1.13. The van der Waals surface area contributed by atoms with Crippen molar-refractivity contribution in [3.63, 3.8) is 0 Å². The third-order valence-electron chi connectivity index (χ3n) is 1.34. The van der Waals surface area contributed by atoms with Gasteiger partial charge >= 0.3 is 6.16 Å². The smallest absolute Gasteiger partial charge is 0.497 e. The van der Waals surface area contributed by atoms with E-state index in [1.54, 1.807) is 7.11 Å². The molecule has 4 nitrogen and oxygen atoms in total. The summed E-state index contributed by atoms with van der Waals surface area (Å²) in [4.78, 5) is 10.1. The van der Waals surface area contributed by atoms with Crippen LogP contribution in [0.1, 0.15) is 0 Å². The molecule has 0 heterocycles. The number of ether oxygens (including phenoxy) is 3. The van der Waals surface area contributed by atoms with Crippen molar-refractivity contribution in [3.8, 4) is 5.75 Å². The predicted octanol–water partition coefficient (Wildman–Crippen LogP) is 3.12. The van der Waals surface area contributed by atoms with E-state index < -0.39 is 6.16 Å². The van der Waals surface area contributed by atoms with Crippen LogP contribution < -0.4 is 4.74 Å². The first-order valence-electron chi connectivity index (χ1n) is 4.42. The molecule has 4 heteroatoms. The van der Waals surface area contributed by atoms with Gasteiger partial charge in [0.15, 0.2) is 0 Å². The van der Waals surface area contributed by atoms with Gasteiger partial charge in [-0.15, -0.1) is 0 Å². The lowest BCUT2D eigenvalue weighted by Crippen LogP contribution is -1.96. The maximum Gasteiger partial charge on any atom is 0.518 e. The molecule has 16 heavy (non-hydrogen) atoms. The summed E-state index contributed by atoms with van der Waals surface area (Å²) in [5, 5.41) is 0. The molecule has 0 spiro atoms. The van der Waals surface area contributed by atoms with E-state index in [4.69, 9.17) is 4.74 Å². The maximum absolute atomic E-state index is 10.1. The van der Waals surface area contributed by atoms with Crippen LogP contribution in [0.3, 0.4) is 0 Å². The number of para-hydroxylation sites is 1. The van der Waals surface area contributed by atoms with Crippen molar-refractivity contribution in [2.45, 2.75) is 0 Å². The molecule has 86 valence electrons. The third-order valence-corrected chi connectivity index (χ3v) is 1.34. The SMILES string of the molecule is C=COC(=O)OC=C.COc1ccccc1. The molecule has 1 aromatic carbocycles. The van der Waals surface area contributed by atoms with Gasteiger partial charge in [0.2, 0.25) is 0 Å². The molecule has 0 N–H and O–H groups in total. The number of carbonyl (C=O) groups excluding carboxylic acids is 1. The van der Waals surface area contributed by atoms with Crippen molar-refractivity contribution in [3.05, 3.63) is 56.0 Å². The Kier molecular flexibility index (Phi) is 8.03. The zero-order chi connectivity index (χ0) is 12.2. The Morgan fingerprint density at radius 1 is 1.12 bits per heavy atom. The minimum Gasteiger partial charge on any atom is -0.497 e. The Morgan fingerprint density at radius 2 is 1.62 bits per heavy atom. The molecule has 0 amide bonds.